The summed E-state index contributed by atoms with van der Waals surface area (Å²) in [6.07, 6.45) is -0.540. The van der Waals surface area contributed by atoms with Gasteiger partial charge in [-0.2, -0.15) is 17.5 Å². The Morgan fingerprint density at radius 3 is 2.22 bits per heavy atom. The molecule has 1 aromatic carbocycles. The maximum atomic E-state index is 13.4. The number of likely N-dealkylation sites (N-methyl/N-ethyl adjacent to an activating group) is 1. The number of carbonyl (C=O) groups is 1. The van der Waals surface area contributed by atoms with E-state index in [1.54, 1.807) is 0 Å². The SMILES string of the molecule is CN(C(C)(C)C(=O)NC12CC3CC(CC(O)(C3)C1)C2)S(=O)(=O)c1ccccc1C(F)(F)F. The molecular formula is C22H29F3N2O4S. The molecule has 32 heavy (non-hydrogen) atoms. The van der Waals surface area contributed by atoms with Gasteiger partial charge in [-0.15, -0.1) is 0 Å². The van der Waals surface area contributed by atoms with Gasteiger partial charge in [-0.25, -0.2) is 8.42 Å². The maximum absolute atomic E-state index is 13.4. The molecular weight excluding hydrogens is 445 g/mol. The lowest BCUT2D eigenvalue weighted by Crippen LogP contribution is -2.68. The Hall–Kier alpha value is -1.65. The van der Waals surface area contributed by atoms with Crippen LogP contribution in [-0.2, 0) is 21.0 Å². The molecule has 6 nitrogen and oxygen atoms in total. The van der Waals surface area contributed by atoms with Gasteiger partial charge in [-0.1, -0.05) is 12.1 Å². The Morgan fingerprint density at radius 2 is 1.69 bits per heavy atom. The van der Waals surface area contributed by atoms with Crippen LogP contribution in [0.1, 0.15) is 57.9 Å². The summed E-state index contributed by atoms with van der Waals surface area (Å²) in [6.45, 7) is 2.76. The average molecular weight is 475 g/mol. The van der Waals surface area contributed by atoms with Crippen LogP contribution in [0.3, 0.4) is 0 Å². The van der Waals surface area contributed by atoms with E-state index in [9.17, 15) is 31.5 Å². The average Bonchev–Trinajstić information content (AvgIpc) is 2.64. The van der Waals surface area contributed by atoms with Crippen LogP contribution in [0.25, 0.3) is 0 Å². The molecule has 0 aromatic heterocycles. The smallest absolute Gasteiger partial charge is 0.390 e. The number of nitrogens with zero attached hydrogens (tertiary/aromatic N) is 1. The third kappa shape index (κ3) is 3.84. The normalized spacial score (nSPS) is 32.4. The number of halogens is 3. The van der Waals surface area contributed by atoms with Crippen LogP contribution in [0.5, 0.6) is 0 Å². The molecule has 0 spiro atoms. The number of hydrogen-bond donors (Lipinski definition) is 2. The van der Waals surface area contributed by atoms with Crippen LogP contribution in [-0.4, -0.2) is 47.5 Å². The minimum Gasteiger partial charge on any atom is -0.390 e. The van der Waals surface area contributed by atoms with E-state index in [0.717, 1.165) is 38.4 Å². The molecule has 2 atom stereocenters. The number of rotatable bonds is 5. The van der Waals surface area contributed by atoms with E-state index >= 15 is 0 Å². The lowest BCUT2D eigenvalue weighted by molar-refractivity contribution is -0.154. The van der Waals surface area contributed by atoms with E-state index < -0.39 is 49.2 Å². The first kappa shape index (κ1) is 23.5. The first-order valence-electron chi connectivity index (χ1n) is 10.8. The fraction of sp³-hybridized carbons (Fsp3) is 0.682. The second-order valence-electron chi connectivity index (χ2n) is 10.4. The van der Waals surface area contributed by atoms with Crippen molar-refractivity contribution in [3.8, 4) is 0 Å². The molecule has 2 N–H and O–H groups in total. The molecule has 0 radical (unpaired) electrons. The number of nitrogens with one attached hydrogen (secondary N) is 1. The predicted octanol–water partition coefficient (Wildman–Crippen LogP) is 3.30. The summed E-state index contributed by atoms with van der Waals surface area (Å²) in [5.74, 6) is 0.0354. The first-order chi connectivity index (χ1) is 14.6. The van der Waals surface area contributed by atoms with Gasteiger partial charge in [-0.05, 0) is 76.3 Å². The third-order valence-electron chi connectivity index (χ3n) is 7.58. The number of sulfonamides is 1. The molecule has 4 saturated carbocycles. The Balaban J connectivity index is 1.60. The van der Waals surface area contributed by atoms with Gasteiger partial charge in [0, 0.05) is 12.6 Å². The number of hydrogen-bond acceptors (Lipinski definition) is 4. The summed E-state index contributed by atoms with van der Waals surface area (Å²) >= 11 is 0. The standard InChI is InChI=1S/C22H29F3N2O4S/c1-19(2,27(3)32(30,31)17-7-5-4-6-16(17)22(23,24)25)18(28)26-20-9-14-8-15(10-20)12-21(29,11-14)13-20/h4-7,14-15,29H,8-13H2,1-3H3,(H,26,28). The van der Waals surface area contributed by atoms with Gasteiger partial charge in [0.15, 0.2) is 0 Å². The second-order valence-corrected chi connectivity index (χ2v) is 12.4. The van der Waals surface area contributed by atoms with Crippen molar-refractivity contribution in [2.45, 2.75) is 80.1 Å². The molecule has 0 aliphatic heterocycles. The van der Waals surface area contributed by atoms with E-state index in [1.807, 2.05) is 0 Å². The minimum absolute atomic E-state index is 0.310. The molecule has 178 valence electrons. The topological polar surface area (TPSA) is 86.7 Å². The van der Waals surface area contributed by atoms with Crippen LogP contribution in [0, 0.1) is 11.8 Å². The molecule has 1 amide bonds. The summed E-state index contributed by atoms with van der Waals surface area (Å²) in [6, 6.07) is 3.96. The minimum atomic E-state index is -4.86. The first-order valence-corrected chi connectivity index (χ1v) is 12.2. The van der Waals surface area contributed by atoms with Crippen molar-refractivity contribution in [3.63, 3.8) is 0 Å². The molecule has 10 heteroatoms. The fourth-order valence-electron chi connectivity index (χ4n) is 6.27. The summed E-state index contributed by atoms with van der Waals surface area (Å²) in [4.78, 5) is 12.4. The molecule has 4 aliphatic carbocycles. The van der Waals surface area contributed by atoms with Crippen molar-refractivity contribution < 1.29 is 31.5 Å². The van der Waals surface area contributed by atoms with Crippen LogP contribution >= 0.6 is 0 Å². The van der Waals surface area contributed by atoms with Gasteiger partial charge in [-0.3, -0.25) is 4.79 Å². The lowest BCUT2D eigenvalue weighted by atomic mass is 9.51. The van der Waals surface area contributed by atoms with E-state index in [-0.39, 0.29) is 0 Å². The lowest BCUT2D eigenvalue weighted by Gasteiger charge is -2.60. The Kier molecular flexibility index (Phi) is 5.27. The monoisotopic (exact) mass is 474 g/mol. The predicted molar refractivity (Wildman–Crippen MR) is 111 cm³/mol. The summed E-state index contributed by atoms with van der Waals surface area (Å²) in [5.41, 5.74) is -4.35. The highest BCUT2D eigenvalue weighted by atomic mass is 32.2. The Bertz CT molecular complexity index is 1020. The molecule has 5 rings (SSSR count). The number of carbonyl (C=O) groups excluding carboxylic acids is 1. The zero-order chi connectivity index (χ0) is 23.7. The van der Waals surface area contributed by atoms with Crippen LogP contribution in [0.15, 0.2) is 29.2 Å². The van der Waals surface area contributed by atoms with Crippen molar-refractivity contribution in [2.75, 3.05) is 7.05 Å². The van der Waals surface area contributed by atoms with Gasteiger partial charge < -0.3 is 10.4 Å². The summed E-state index contributed by atoms with van der Waals surface area (Å²) < 4.78 is 67.4. The molecule has 1 aromatic rings. The molecule has 0 saturated heterocycles. The molecule has 4 bridgehead atoms. The number of benzene rings is 1. The van der Waals surface area contributed by atoms with Gasteiger partial charge in [0.25, 0.3) is 0 Å². The number of amides is 1. The maximum Gasteiger partial charge on any atom is 0.417 e. The van der Waals surface area contributed by atoms with E-state index in [1.165, 1.54) is 19.9 Å². The van der Waals surface area contributed by atoms with Crippen molar-refractivity contribution in [2.24, 2.45) is 11.8 Å². The number of alkyl halides is 3. The van der Waals surface area contributed by atoms with Crippen LogP contribution in [0.4, 0.5) is 13.2 Å². The van der Waals surface area contributed by atoms with Crippen LogP contribution < -0.4 is 5.32 Å². The van der Waals surface area contributed by atoms with E-state index in [0.29, 0.717) is 41.5 Å². The molecule has 4 aliphatic rings. The highest BCUT2D eigenvalue weighted by Crippen LogP contribution is 2.57. The van der Waals surface area contributed by atoms with Crippen molar-refractivity contribution in [1.82, 2.24) is 9.62 Å². The highest BCUT2D eigenvalue weighted by molar-refractivity contribution is 7.89. The third-order valence-corrected chi connectivity index (χ3v) is 9.67. The summed E-state index contributed by atoms with van der Waals surface area (Å²) in [7, 11) is -3.51. The van der Waals surface area contributed by atoms with E-state index in [2.05, 4.69) is 5.32 Å². The Labute approximate surface area is 186 Å². The zero-order valence-electron chi connectivity index (χ0n) is 18.4. The highest BCUT2D eigenvalue weighted by Gasteiger charge is 2.58. The van der Waals surface area contributed by atoms with Crippen molar-refractivity contribution in [1.29, 1.82) is 0 Å². The second kappa shape index (κ2) is 7.17. The van der Waals surface area contributed by atoms with Gasteiger partial charge in [0.1, 0.15) is 5.54 Å². The van der Waals surface area contributed by atoms with Crippen molar-refractivity contribution in [3.05, 3.63) is 29.8 Å². The van der Waals surface area contributed by atoms with Gasteiger partial charge in [0.05, 0.1) is 16.1 Å². The largest absolute Gasteiger partial charge is 0.417 e. The fourth-order valence-corrected chi connectivity index (χ4v) is 7.96. The number of aliphatic hydroxyl groups is 1. The van der Waals surface area contributed by atoms with E-state index in [4.69, 9.17) is 0 Å². The quantitative estimate of drug-likeness (QED) is 0.686. The zero-order valence-corrected chi connectivity index (χ0v) is 19.2. The Morgan fingerprint density at radius 1 is 1.12 bits per heavy atom. The molecule has 2 unspecified atom stereocenters. The van der Waals surface area contributed by atoms with Gasteiger partial charge >= 0.3 is 6.18 Å². The molecule has 4 fully saturated rings. The van der Waals surface area contributed by atoms with Gasteiger partial charge in [0.2, 0.25) is 15.9 Å². The molecule has 0 heterocycles. The summed E-state index contributed by atoms with van der Waals surface area (Å²) in [5, 5.41) is 13.9. The van der Waals surface area contributed by atoms with Crippen LogP contribution in [0.2, 0.25) is 0 Å². The van der Waals surface area contributed by atoms with Crippen molar-refractivity contribution >= 4 is 15.9 Å².